The van der Waals surface area contributed by atoms with Crippen LogP contribution < -0.4 is 4.90 Å². The molecule has 2 aromatic rings. The van der Waals surface area contributed by atoms with Gasteiger partial charge in [0.15, 0.2) is 5.82 Å². The number of carbonyl (C=O) groups is 1. The highest BCUT2D eigenvalue weighted by Gasteiger charge is 2.35. The topological polar surface area (TPSA) is 54.3 Å². The molecule has 1 atom stereocenters. The quantitative estimate of drug-likeness (QED) is 0.869. The number of piperazine rings is 1. The van der Waals surface area contributed by atoms with Crippen molar-refractivity contribution in [3.8, 4) is 11.4 Å². The molecule has 1 unspecified atom stereocenters. The van der Waals surface area contributed by atoms with E-state index in [1.54, 1.807) is 6.92 Å². The van der Waals surface area contributed by atoms with Gasteiger partial charge in [-0.05, 0) is 19.8 Å². The van der Waals surface area contributed by atoms with Gasteiger partial charge in [-0.15, -0.1) is 10.2 Å². The fraction of sp³-hybridized carbons (Fsp3) is 0.500. The number of anilines is 1. The summed E-state index contributed by atoms with van der Waals surface area (Å²) < 4.78 is 2.30. The van der Waals surface area contributed by atoms with Crippen molar-refractivity contribution in [3.63, 3.8) is 0 Å². The van der Waals surface area contributed by atoms with Crippen LogP contribution in [0.1, 0.15) is 32.7 Å². The molecule has 0 radical (unpaired) electrons. The summed E-state index contributed by atoms with van der Waals surface area (Å²) in [6, 6.07) is 11.0. The molecule has 1 aliphatic heterocycles. The molecule has 6 heteroatoms. The van der Waals surface area contributed by atoms with Crippen LogP contribution in [0.4, 0.5) is 5.95 Å². The number of nitrogens with zero attached hydrogens (tertiary/aromatic N) is 5. The van der Waals surface area contributed by atoms with Crippen molar-refractivity contribution >= 4 is 11.9 Å². The zero-order chi connectivity index (χ0) is 16.7. The lowest BCUT2D eigenvalue weighted by molar-refractivity contribution is -0.129. The van der Waals surface area contributed by atoms with Gasteiger partial charge in [-0.1, -0.05) is 30.3 Å². The van der Waals surface area contributed by atoms with Crippen molar-refractivity contribution < 1.29 is 4.79 Å². The highest BCUT2D eigenvalue weighted by Crippen LogP contribution is 2.41. The molecule has 2 heterocycles. The minimum absolute atomic E-state index is 0.148. The largest absolute Gasteiger partial charge is 0.339 e. The van der Waals surface area contributed by atoms with Crippen molar-refractivity contribution in [3.05, 3.63) is 30.3 Å². The molecule has 1 amide bonds. The van der Waals surface area contributed by atoms with E-state index in [4.69, 9.17) is 0 Å². The van der Waals surface area contributed by atoms with Crippen molar-refractivity contribution in [2.75, 3.05) is 24.5 Å². The number of rotatable bonds is 3. The fourth-order valence-electron chi connectivity index (χ4n) is 3.47. The molecule has 0 bridgehead atoms. The van der Waals surface area contributed by atoms with Gasteiger partial charge in [0.25, 0.3) is 0 Å². The van der Waals surface area contributed by atoms with E-state index in [9.17, 15) is 4.79 Å². The first-order chi connectivity index (χ1) is 11.6. The first kappa shape index (κ1) is 15.2. The Morgan fingerprint density at radius 1 is 1.12 bits per heavy atom. The van der Waals surface area contributed by atoms with Gasteiger partial charge < -0.3 is 9.80 Å². The molecule has 6 nitrogen and oxygen atoms in total. The highest BCUT2D eigenvalue weighted by atomic mass is 16.2. The van der Waals surface area contributed by atoms with Gasteiger partial charge in [0, 0.05) is 44.2 Å². The number of benzene rings is 1. The number of aromatic nitrogens is 3. The van der Waals surface area contributed by atoms with Crippen LogP contribution in [0.25, 0.3) is 11.4 Å². The minimum Gasteiger partial charge on any atom is -0.339 e. The van der Waals surface area contributed by atoms with E-state index in [1.807, 2.05) is 23.1 Å². The Balaban J connectivity index is 1.67. The third-order valence-corrected chi connectivity index (χ3v) is 4.95. The van der Waals surface area contributed by atoms with Crippen LogP contribution in [-0.4, -0.2) is 51.2 Å². The molecule has 4 rings (SSSR count). The Morgan fingerprint density at radius 3 is 2.50 bits per heavy atom. The summed E-state index contributed by atoms with van der Waals surface area (Å²) in [6.45, 7) is 6.09. The molecule has 126 valence electrons. The average Bonchev–Trinajstić information content (AvgIpc) is 3.34. The fourth-order valence-corrected chi connectivity index (χ4v) is 3.47. The van der Waals surface area contributed by atoms with Crippen molar-refractivity contribution in [2.45, 2.75) is 38.8 Å². The predicted octanol–water partition coefficient (Wildman–Crippen LogP) is 2.34. The summed E-state index contributed by atoms with van der Waals surface area (Å²) in [5, 5.41) is 9.04. The number of hydrogen-bond acceptors (Lipinski definition) is 4. The lowest BCUT2D eigenvalue weighted by atomic mass is 10.2. The van der Waals surface area contributed by atoms with Gasteiger partial charge in [0.05, 0.1) is 0 Å². The summed E-state index contributed by atoms with van der Waals surface area (Å²) in [7, 11) is 0. The zero-order valence-electron chi connectivity index (χ0n) is 14.2. The molecule has 1 aromatic carbocycles. The van der Waals surface area contributed by atoms with Crippen LogP contribution in [0.15, 0.2) is 30.3 Å². The van der Waals surface area contributed by atoms with Gasteiger partial charge in [0.2, 0.25) is 11.9 Å². The molecule has 2 fully saturated rings. The second kappa shape index (κ2) is 5.92. The van der Waals surface area contributed by atoms with Crippen molar-refractivity contribution in [2.24, 2.45) is 0 Å². The summed E-state index contributed by atoms with van der Waals surface area (Å²) in [6.07, 6.45) is 2.37. The number of hydrogen-bond donors (Lipinski definition) is 0. The summed E-state index contributed by atoms with van der Waals surface area (Å²) in [5.74, 6) is 2.05. The summed E-state index contributed by atoms with van der Waals surface area (Å²) >= 11 is 0. The monoisotopic (exact) mass is 325 g/mol. The molecule has 24 heavy (non-hydrogen) atoms. The van der Waals surface area contributed by atoms with Gasteiger partial charge >= 0.3 is 0 Å². The van der Waals surface area contributed by atoms with Crippen molar-refractivity contribution in [1.82, 2.24) is 19.7 Å². The average molecular weight is 325 g/mol. The molecule has 0 spiro atoms. The van der Waals surface area contributed by atoms with Gasteiger partial charge in [-0.2, -0.15) is 0 Å². The van der Waals surface area contributed by atoms with Crippen molar-refractivity contribution in [1.29, 1.82) is 0 Å². The lowest BCUT2D eigenvalue weighted by Gasteiger charge is -2.40. The highest BCUT2D eigenvalue weighted by molar-refractivity contribution is 5.73. The third kappa shape index (κ3) is 2.66. The van der Waals surface area contributed by atoms with Crippen LogP contribution in [0, 0.1) is 0 Å². The third-order valence-electron chi connectivity index (χ3n) is 4.95. The summed E-state index contributed by atoms with van der Waals surface area (Å²) in [5.41, 5.74) is 1.11. The standard InChI is InChI=1S/C18H23N5O/c1-13-12-21(14(2)24)10-11-22(13)18-20-19-17(23(18)16-8-9-16)15-6-4-3-5-7-15/h3-7,13,16H,8-12H2,1-2H3. The maximum absolute atomic E-state index is 11.6. The number of amides is 1. The van der Waals surface area contributed by atoms with Gasteiger partial charge in [0.1, 0.15) is 0 Å². The Hall–Kier alpha value is -2.37. The molecule has 1 saturated heterocycles. The van der Waals surface area contributed by atoms with E-state index < -0.39 is 0 Å². The minimum atomic E-state index is 0.148. The molecule has 0 N–H and O–H groups in total. The predicted molar refractivity (Wildman–Crippen MR) is 92.8 cm³/mol. The van der Waals surface area contributed by atoms with Crippen LogP contribution in [0.3, 0.4) is 0 Å². The van der Waals surface area contributed by atoms with E-state index in [0.717, 1.165) is 37.0 Å². The summed E-state index contributed by atoms with van der Waals surface area (Å²) in [4.78, 5) is 15.9. The maximum atomic E-state index is 11.6. The SMILES string of the molecule is CC(=O)N1CCN(c2nnc(-c3ccccc3)n2C2CC2)C(C)C1. The van der Waals surface area contributed by atoms with Crippen LogP contribution in [0.2, 0.25) is 0 Å². The Morgan fingerprint density at radius 2 is 1.88 bits per heavy atom. The first-order valence-electron chi connectivity index (χ1n) is 8.67. The molecule has 1 saturated carbocycles. The second-order valence-corrected chi connectivity index (χ2v) is 6.80. The van der Waals surface area contributed by atoms with E-state index in [1.165, 1.54) is 12.8 Å². The van der Waals surface area contributed by atoms with Crippen LogP contribution in [0.5, 0.6) is 0 Å². The smallest absolute Gasteiger partial charge is 0.228 e. The maximum Gasteiger partial charge on any atom is 0.228 e. The van der Waals surface area contributed by atoms with E-state index in [0.29, 0.717) is 6.04 Å². The first-order valence-corrected chi connectivity index (χ1v) is 8.67. The Bertz CT molecular complexity index is 737. The van der Waals surface area contributed by atoms with E-state index in [2.05, 4.69) is 38.7 Å². The Labute approximate surface area is 142 Å². The molecule has 1 aliphatic carbocycles. The van der Waals surface area contributed by atoms with Crippen LogP contribution in [-0.2, 0) is 4.79 Å². The van der Waals surface area contributed by atoms with E-state index >= 15 is 0 Å². The lowest BCUT2D eigenvalue weighted by Crippen LogP contribution is -2.54. The van der Waals surface area contributed by atoms with Crippen LogP contribution >= 0.6 is 0 Å². The molecule has 1 aromatic heterocycles. The van der Waals surface area contributed by atoms with E-state index in [-0.39, 0.29) is 11.9 Å². The van der Waals surface area contributed by atoms with Gasteiger partial charge in [-0.3, -0.25) is 9.36 Å². The van der Waals surface area contributed by atoms with Gasteiger partial charge in [-0.25, -0.2) is 0 Å². The molecular formula is C18H23N5O. The normalized spacial score (nSPS) is 21.2. The molecule has 2 aliphatic rings. The Kier molecular flexibility index (Phi) is 3.75. The second-order valence-electron chi connectivity index (χ2n) is 6.80. The molecular weight excluding hydrogens is 302 g/mol. The number of carbonyl (C=O) groups excluding carboxylic acids is 1. The zero-order valence-corrected chi connectivity index (χ0v) is 14.2.